The van der Waals surface area contributed by atoms with E-state index >= 15 is 0 Å². The van der Waals surface area contributed by atoms with Crippen molar-refractivity contribution >= 4 is 39.4 Å². The Labute approximate surface area is 239 Å². The predicted molar refractivity (Wildman–Crippen MR) is 157 cm³/mol. The first-order chi connectivity index (χ1) is 18.4. The lowest BCUT2D eigenvalue weighted by molar-refractivity contribution is -0.118. The molecule has 2 aromatic heterocycles. The number of thiophene rings is 2. The number of nitrogens with zero attached hydrogens (tertiary/aromatic N) is 2. The number of nitrogens with two attached hydrogens (primary N) is 1. The van der Waals surface area contributed by atoms with Crippen molar-refractivity contribution in [2.24, 2.45) is 11.1 Å². The number of esters is 1. The second-order valence-electron chi connectivity index (χ2n) is 12.5. The molecule has 3 aliphatic rings. The second kappa shape index (κ2) is 9.94. The molecule has 1 aliphatic heterocycles. The molecule has 2 aliphatic carbocycles. The van der Waals surface area contributed by atoms with Gasteiger partial charge in [-0.25, -0.2) is 4.79 Å². The van der Waals surface area contributed by atoms with Gasteiger partial charge in [0, 0.05) is 32.3 Å². The van der Waals surface area contributed by atoms with Crippen LogP contribution in [0.2, 0.25) is 0 Å². The van der Waals surface area contributed by atoms with Gasteiger partial charge < -0.3 is 10.5 Å². The molecular formula is C31H37N3O3S2. The smallest absolute Gasteiger partial charge is 0.341 e. The minimum atomic E-state index is -0.508. The summed E-state index contributed by atoms with van der Waals surface area (Å²) in [6.45, 7) is 12.7. The molecule has 0 radical (unpaired) electrons. The van der Waals surface area contributed by atoms with Crippen LogP contribution < -0.4 is 10.6 Å². The lowest BCUT2D eigenvalue weighted by Gasteiger charge is -2.43. The molecule has 8 heteroatoms. The molecule has 0 aromatic carbocycles. The van der Waals surface area contributed by atoms with Gasteiger partial charge in [0.05, 0.1) is 29.7 Å². The summed E-state index contributed by atoms with van der Waals surface area (Å²) in [5.41, 5.74) is 9.99. The summed E-state index contributed by atoms with van der Waals surface area (Å²) >= 11 is 3.20. The third-order valence-electron chi connectivity index (χ3n) is 7.87. The largest absolute Gasteiger partial charge is 0.462 e. The predicted octanol–water partition coefficient (Wildman–Crippen LogP) is 7.10. The molecule has 1 unspecified atom stereocenters. The van der Waals surface area contributed by atoms with Crippen molar-refractivity contribution < 1.29 is 14.3 Å². The first-order valence-electron chi connectivity index (χ1n) is 13.8. The van der Waals surface area contributed by atoms with Crippen LogP contribution in [-0.4, -0.2) is 18.4 Å². The van der Waals surface area contributed by atoms with Crippen LogP contribution in [0.1, 0.15) is 104 Å². The van der Waals surface area contributed by atoms with Gasteiger partial charge in [-0.15, -0.1) is 22.7 Å². The topological polar surface area (TPSA) is 96.4 Å². The fraction of sp³-hybridized carbons (Fsp3) is 0.516. The number of ether oxygens (including phenoxy) is 1. The highest BCUT2D eigenvalue weighted by Gasteiger charge is 2.46. The number of hydrogen-bond donors (Lipinski definition) is 1. The quantitative estimate of drug-likeness (QED) is 0.399. The van der Waals surface area contributed by atoms with Crippen molar-refractivity contribution in [2.45, 2.75) is 91.4 Å². The number of nitriles is 1. The number of ketones is 1. The van der Waals surface area contributed by atoms with Crippen molar-refractivity contribution in [1.29, 1.82) is 5.26 Å². The van der Waals surface area contributed by atoms with Crippen molar-refractivity contribution in [1.82, 2.24) is 0 Å². The Morgan fingerprint density at radius 1 is 1.21 bits per heavy atom. The highest BCUT2D eigenvalue weighted by Crippen LogP contribution is 2.54. The molecule has 0 amide bonds. The molecular weight excluding hydrogens is 526 g/mol. The van der Waals surface area contributed by atoms with Gasteiger partial charge in [-0.2, -0.15) is 5.26 Å². The zero-order valence-electron chi connectivity index (χ0n) is 23.7. The molecule has 5 rings (SSSR count). The highest BCUT2D eigenvalue weighted by atomic mass is 32.1. The van der Waals surface area contributed by atoms with E-state index in [2.05, 4.69) is 46.8 Å². The molecule has 39 heavy (non-hydrogen) atoms. The molecule has 0 saturated carbocycles. The number of anilines is 1. The average Bonchev–Trinajstić information content (AvgIpc) is 3.48. The Hall–Kier alpha value is -2.89. The number of fused-ring (bicyclic) bond motifs is 1. The van der Waals surface area contributed by atoms with Gasteiger partial charge in [0.2, 0.25) is 0 Å². The van der Waals surface area contributed by atoms with Gasteiger partial charge >= 0.3 is 5.97 Å². The fourth-order valence-electron chi connectivity index (χ4n) is 6.06. The summed E-state index contributed by atoms with van der Waals surface area (Å²) in [6, 6.07) is 6.52. The summed E-state index contributed by atoms with van der Waals surface area (Å²) in [6.07, 6.45) is 4.82. The summed E-state index contributed by atoms with van der Waals surface area (Å²) < 4.78 is 5.53. The van der Waals surface area contributed by atoms with E-state index in [4.69, 9.17) is 10.5 Å². The van der Waals surface area contributed by atoms with E-state index in [9.17, 15) is 14.9 Å². The number of rotatable bonds is 4. The minimum Gasteiger partial charge on any atom is -0.462 e. The normalized spacial score (nSPS) is 21.0. The van der Waals surface area contributed by atoms with Crippen LogP contribution in [0.5, 0.6) is 0 Å². The van der Waals surface area contributed by atoms with Crippen molar-refractivity contribution in [2.75, 3.05) is 11.5 Å². The fourth-order valence-corrected chi connectivity index (χ4v) is 8.66. The van der Waals surface area contributed by atoms with Gasteiger partial charge in [-0.05, 0) is 67.6 Å². The number of hydrogen-bond acceptors (Lipinski definition) is 8. The zero-order valence-corrected chi connectivity index (χ0v) is 25.3. The molecule has 0 fully saturated rings. The molecule has 2 aromatic rings. The number of carbonyl (C=O) groups excluding carboxylic acids is 2. The molecule has 0 spiro atoms. The van der Waals surface area contributed by atoms with Crippen molar-refractivity contribution in [3.8, 4) is 6.07 Å². The van der Waals surface area contributed by atoms with Gasteiger partial charge in [0.15, 0.2) is 5.78 Å². The van der Waals surface area contributed by atoms with E-state index in [1.165, 1.54) is 9.75 Å². The van der Waals surface area contributed by atoms with Crippen LogP contribution in [0.25, 0.3) is 0 Å². The molecule has 2 N–H and O–H groups in total. The average molecular weight is 564 g/mol. The van der Waals surface area contributed by atoms with E-state index < -0.39 is 5.92 Å². The Balaban J connectivity index is 1.77. The summed E-state index contributed by atoms with van der Waals surface area (Å²) in [5.74, 6) is -0.522. The molecule has 1 atom stereocenters. The lowest BCUT2D eigenvalue weighted by Crippen LogP contribution is -2.42. The van der Waals surface area contributed by atoms with Crippen molar-refractivity contribution in [3.63, 3.8) is 0 Å². The Morgan fingerprint density at radius 2 is 1.92 bits per heavy atom. The third kappa shape index (κ3) is 4.74. The van der Waals surface area contributed by atoms with E-state index in [-0.39, 0.29) is 29.2 Å². The summed E-state index contributed by atoms with van der Waals surface area (Å²) in [7, 11) is 0. The maximum absolute atomic E-state index is 14.0. The number of aryl methyl sites for hydroxylation is 1. The zero-order chi connectivity index (χ0) is 28.3. The van der Waals surface area contributed by atoms with Crippen LogP contribution >= 0.6 is 22.7 Å². The maximum Gasteiger partial charge on any atom is 0.341 e. The monoisotopic (exact) mass is 563 g/mol. The van der Waals surface area contributed by atoms with E-state index in [1.54, 1.807) is 29.6 Å². The van der Waals surface area contributed by atoms with E-state index in [1.807, 2.05) is 11.0 Å². The molecule has 3 heterocycles. The van der Waals surface area contributed by atoms with Crippen LogP contribution in [-0.2, 0) is 27.8 Å². The van der Waals surface area contributed by atoms with Crippen LogP contribution in [0.4, 0.5) is 5.00 Å². The van der Waals surface area contributed by atoms with E-state index in [0.29, 0.717) is 40.4 Å². The maximum atomic E-state index is 14.0. The lowest BCUT2D eigenvalue weighted by atomic mass is 9.70. The molecule has 0 saturated heterocycles. The number of carbonyl (C=O) groups is 2. The number of allylic oxidation sites excluding steroid dienone is 3. The summed E-state index contributed by atoms with van der Waals surface area (Å²) in [5, 5.41) is 11.2. The molecule has 0 bridgehead atoms. The first kappa shape index (κ1) is 27.7. The van der Waals surface area contributed by atoms with Gasteiger partial charge in [0.25, 0.3) is 0 Å². The highest BCUT2D eigenvalue weighted by molar-refractivity contribution is 7.17. The number of Topliss-reactive ketones (excluding diaryl/α,β-unsaturated/α-hetero) is 1. The van der Waals surface area contributed by atoms with Gasteiger partial charge in [-0.3, -0.25) is 9.69 Å². The first-order valence-corrected chi connectivity index (χ1v) is 15.4. The minimum absolute atomic E-state index is 0.0428. The van der Waals surface area contributed by atoms with Crippen LogP contribution in [0.3, 0.4) is 0 Å². The van der Waals surface area contributed by atoms with E-state index in [0.717, 1.165) is 41.8 Å². The second-order valence-corrected chi connectivity index (χ2v) is 14.7. The molecule has 6 nitrogen and oxygen atoms in total. The van der Waals surface area contributed by atoms with Crippen LogP contribution in [0.15, 0.2) is 34.8 Å². The SMILES string of the molecule is CCOC(=O)c1c(N2C(N)=C(C#N)C(c3ccc(C(C)(C)C)s3)C3=C2CC(C)(C)CC3=O)sc2c1CCCC2. The Morgan fingerprint density at radius 3 is 2.56 bits per heavy atom. The van der Waals surface area contributed by atoms with Crippen molar-refractivity contribution in [3.05, 3.63) is 60.6 Å². The third-order valence-corrected chi connectivity index (χ3v) is 10.7. The molecule has 206 valence electrons. The Bertz CT molecular complexity index is 1460. The van der Waals surface area contributed by atoms with Crippen LogP contribution in [0, 0.1) is 16.7 Å². The summed E-state index contributed by atoms with van der Waals surface area (Å²) in [4.78, 5) is 32.5. The Kier molecular flexibility index (Phi) is 7.05. The van der Waals surface area contributed by atoms with Gasteiger partial charge in [0.1, 0.15) is 10.8 Å². The van der Waals surface area contributed by atoms with Gasteiger partial charge in [-0.1, -0.05) is 34.6 Å². The standard InChI is InChI=1S/C31H37N3O3S2/c1-7-37-29(36)25-17-10-8-9-11-21(17)39-28(25)34-19-14-31(5,6)15-20(35)26(19)24(18(16-32)27(34)33)22-12-13-23(38-22)30(2,3)4/h12-13,24H,7-11,14-15,33H2,1-6H3.